The van der Waals surface area contributed by atoms with Crippen LogP contribution in [0, 0.1) is 5.92 Å². The quantitative estimate of drug-likeness (QED) is 0.788. The zero-order valence-electron chi connectivity index (χ0n) is 12.1. The van der Waals surface area contributed by atoms with E-state index in [2.05, 4.69) is 10.6 Å². The van der Waals surface area contributed by atoms with E-state index in [0.29, 0.717) is 12.0 Å². The Balaban J connectivity index is 1.62. The second-order valence-corrected chi connectivity index (χ2v) is 5.88. The fourth-order valence-corrected chi connectivity index (χ4v) is 3.18. The van der Waals surface area contributed by atoms with Crippen molar-refractivity contribution in [3.8, 4) is 5.75 Å². The highest BCUT2D eigenvalue weighted by atomic mass is 16.5. The van der Waals surface area contributed by atoms with E-state index in [9.17, 15) is 9.90 Å². The van der Waals surface area contributed by atoms with Gasteiger partial charge in [0.05, 0.1) is 5.69 Å². The van der Waals surface area contributed by atoms with Gasteiger partial charge in [0, 0.05) is 19.2 Å². The highest BCUT2D eigenvalue weighted by Gasteiger charge is 2.24. The van der Waals surface area contributed by atoms with Gasteiger partial charge in [0.1, 0.15) is 5.75 Å². The van der Waals surface area contributed by atoms with Gasteiger partial charge in [-0.2, -0.15) is 0 Å². The molecule has 0 saturated heterocycles. The van der Waals surface area contributed by atoms with Gasteiger partial charge in [0.25, 0.3) is 5.91 Å². The molecule has 2 atom stereocenters. The third-order valence-corrected chi connectivity index (χ3v) is 4.39. The molecule has 1 aromatic rings. The molecular weight excluding hydrogens is 268 g/mol. The first-order valence-corrected chi connectivity index (χ1v) is 7.66. The number of ether oxygens (including phenoxy) is 1. The number of fused-ring (bicyclic) bond motifs is 1. The van der Waals surface area contributed by atoms with Crippen molar-refractivity contribution in [1.29, 1.82) is 0 Å². The first-order chi connectivity index (χ1) is 10.3. The summed E-state index contributed by atoms with van der Waals surface area (Å²) in [4.78, 5) is 11.3. The average molecular weight is 290 g/mol. The van der Waals surface area contributed by atoms with Gasteiger partial charge in [-0.05, 0) is 36.5 Å². The number of aliphatic hydroxyl groups is 1. The summed E-state index contributed by atoms with van der Waals surface area (Å²) >= 11 is 0. The number of hydrogen-bond donors (Lipinski definition) is 3. The minimum Gasteiger partial charge on any atom is -0.482 e. The fraction of sp³-hybridized carbons (Fsp3) is 0.562. The molecule has 0 spiro atoms. The van der Waals surface area contributed by atoms with Gasteiger partial charge in [-0.15, -0.1) is 0 Å². The van der Waals surface area contributed by atoms with Gasteiger partial charge < -0.3 is 20.5 Å². The van der Waals surface area contributed by atoms with Crippen LogP contribution in [-0.2, 0) is 11.3 Å². The van der Waals surface area contributed by atoms with Crippen molar-refractivity contribution in [1.82, 2.24) is 5.32 Å². The minimum atomic E-state index is -0.111. The number of rotatable bonds is 4. The normalized spacial score (nSPS) is 24.9. The van der Waals surface area contributed by atoms with Crippen LogP contribution in [0.1, 0.15) is 31.2 Å². The van der Waals surface area contributed by atoms with Crippen molar-refractivity contribution in [3.05, 3.63) is 23.8 Å². The SMILES string of the molecule is O=C1COc2ccc(CNC3CCCCC3CO)cc2N1. The Bertz CT molecular complexity index is 518. The molecule has 1 fully saturated rings. The lowest BCUT2D eigenvalue weighted by atomic mass is 9.85. The lowest BCUT2D eigenvalue weighted by Crippen LogP contribution is -2.39. The largest absolute Gasteiger partial charge is 0.482 e. The molecule has 3 N–H and O–H groups in total. The molecule has 21 heavy (non-hydrogen) atoms. The summed E-state index contributed by atoms with van der Waals surface area (Å²) in [5.74, 6) is 0.976. The Morgan fingerprint density at radius 3 is 3.05 bits per heavy atom. The molecule has 5 heteroatoms. The van der Waals surface area contributed by atoms with E-state index in [0.717, 1.165) is 36.4 Å². The molecule has 1 aromatic carbocycles. The van der Waals surface area contributed by atoms with Gasteiger partial charge in [-0.25, -0.2) is 0 Å². The van der Waals surface area contributed by atoms with Crippen LogP contribution in [0.2, 0.25) is 0 Å². The molecule has 2 aliphatic rings. The Labute approximate surface area is 124 Å². The highest BCUT2D eigenvalue weighted by molar-refractivity contribution is 5.95. The average Bonchev–Trinajstić information content (AvgIpc) is 2.52. The van der Waals surface area contributed by atoms with Crippen molar-refractivity contribution in [2.24, 2.45) is 5.92 Å². The topological polar surface area (TPSA) is 70.6 Å². The van der Waals surface area contributed by atoms with Gasteiger partial charge >= 0.3 is 0 Å². The molecule has 3 rings (SSSR count). The molecular formula is C16H22N2O3. The van der Waals surface area contributed by atoms with Crippen LogP contribution in [-0.4, -0.2) is 30.3 Å². The predicted octanol–water partition coefficient (Wildman–Crippen LogP) is 1.66. The second kappa shape index (κ2) is 6.45. The zero-order chi connectivity index (χ0) is 14.7. The van der Waals surface area contributed by atoms with Crippen LogP contribution in [0.5, 0.6) is 5.75 Å². The summed E-state index contributed by atoms with van der Waals surface area (Å²) in [6.07, 6.45) is 4.66. The van der Waals surface area contributed by atoms with Gasteiger partial charge in [0.2, 0.25) is 0 Å². The maximum absolute atomic E-state index is 11.3. The number of carbonyl (C=O) groups excluding carboxylic acids is 1. The van der Waals surface area contributed by atoms with E-state index in [1.54, 1.807) is 0 Å². The predicted molar refractivity (Wildman–Crippen MR) is 80.2 cm³/mol. The maximum Gasteiger partial charge on any atom is 0.262 e. The number of anilines is 1. The van der Waals surface area contributed by atoms with E-state index in [-0.39, 0.29) is 19.1 Å². The lowest BCUT2D eigenvalue weighted by molar-refractivity contribution is -0.118. The number of aliphatic hydroxyl groups excluding tert-OH is 1. The molecule has 1 aliphatic heterocycles. The summed E-state index contributed by atoms with van der Waals surface area (Å²) in [7, 11) is 0. The number of benzene rings is 1. The molecule has 1 aliphatic carbocycles. The van der Waals surface area contributed by atoms with E-state index in [1.165, 1.54) is 12.8 Å². The van der Waals surface area contributed by atoms with Crippen LogP contribution >= 0.6 is 0 Å². The molecule has 114 valence electrons. The Morgan fingerprint density at radius 1 is 1.33 bits per heavy atom. The van der Waals surface area contributed by atoms with E-state index in [1.807, 2.05) is 18.2 Å². The molecule has 0 bridgehead atoms. The molecule has 0 aromatic heterocycles. The van der Waals surface area contributed by atoms with Crippen LogP contribution in [0.15, 0.2) is 18.2 Å². The Kier molecular flexibility index (Phi) is 4.41. The standard InChI is InChI=1S/C16H22N2O3/c19-9-12-3-1-2-4-13(12)17-8-11-5-6-15-14(7-11)18-16(20)10-21-15/h5-7,12-13,17,19H,1-4,8-10H2,(H,18,20). The van der Waals surface area contributed by atoms with E-state index >= 15 is 0 Å². The van der Waals surface area contributed by atoms with Crippen LogP contribution in [0.25, 0.3) is 0 Å². The summed E-state index contributed by atoms with van der Waals surface area (Å²) in [5, 5.41) is 15.8. The smallest absolute Gasteiger partial charge is 0.262 e. The van der Waals surface area contributed by atoms with Crippen LogP contribution in [0.4, 0.5) is 5.69 Å². The number of hydrogen-bond acceptors (Lipinski definition) is 4. The minimum absolute atomic E-state index is 0.0881. The molecule has 1 amide bonds. The third kappa shape index (κ3) is 3.36. The zero-order valence-corrected chi connectivity index (χ0v) is 12.1. The first kappa shape index (κ1) is 14.4. The van der Waals surface area contributed by atoms with E-state index < -0.39 is 0 Å². The second-order valence-electron chi connectivity index (χ2n) is 5.88. The van der Waals surface area contributed by atoms with Gasteiger partial charge in [-0.1, -0.05) is 18.9 Å². The monoisotopic (exact) mass is 290 g/mol. The van der Waals surface area contributed by atoms with Crippen LogP contribution < -0.4 is 15.4 Å². The number of carbonyl (C=O) groups is 1. The van der Waals surface area contributed by atoms with Crippen molar-refractivity contribution in [3.63, 3.8) is 0 Å². The number of amides is 1. The molecule has 0 radical (unpaired) electrons. The van der Waals surface area contributed by atoms with Crippen molar-refractivity contribution >= 4 is 11.6 Å². The van der Waals surface area contributed by atoms with Crippen molar-refractivity contribution < 1.29 is 14.6 Å². The fourth-order valence-electron chi connectivity index (χ4n) is 3.18. The van der Waals surface area contributed by atoms with Gasteiger partial charge in [0.15, 0.2) is 6.61 Å². The highest BCUT2D eigenvalue weighted by Crippen LogP contribution is 2.29. The summed E-state index contributed by atoms with van der Waals surface area (Å²) in [6, 6.07) is 6.25. The van der Waals surface area contributed by atoms with Crippen LogP contribution in [0.3, 0.4) is 0 Å². The van der Waals surface area contributed by atoms with E-state index in [4.69, 9.17) is 4.74 Å². The molecule has 5 nitrogen and oxygen atoms in total. The maximum atomic E-state index is 11.3. The molecule has 2 unspecified atom stereocenters. The first-order valence-electron chi connectivity index (χ1n) is 7.66. The lowest BCUT2D eigenvalue weighted by Gasteiger charge is -2.31. The number of nitrogens with one attached hydrogen (secondary N) is 2. The van der Waals surface area contributed by atoms with Crippen molar-refractivity contribution in [2.45, 2.75) is 38.3 Å². The Hall–Kier alpha value is -1.59. The Morgan fingerprint density at radius 2 is 2.19 bits per heavy atom. The van der Waals surface area contributed by atoms with Crippen molar-refractivity contribution in [2.75, 3.05) is 18.5 Å². The summed E-state index contributed by atoms with van der Waals surface area (Å²) < 4.78 is 5.35. The molecule has 1 saturated carbocycles. The third-order valence-electron chi connectivity index (χ3n) is 4.39. The molecule has 1 heterocycles. The summed E-state index contributed by atoms with van der Waals surface area (Å²) in [5.41, 5.74) is 1.86. The summed E-state index contributed by atoms with van der Waals surface area (Å²) in [6.45, 7) is 1.08. The van der Waals surface area contributed by atoms with Gasteiger partial charge in [-0.3, -0.25) is 4.79 Å².